The highest BCUT2D eigenvalue weighted by Gasteiger charge is 2.60. The maximum absolute atomic E-state index is 4.68. The number of aryl methyl sites for hydroxylation is 1. The molecule has 6 heteroatoms. The number of piperidine rings is 1. The molecule has 0 N–H and O–H groups in total. The van der Waals surface area contributed by atoms with Crippen molar-refractivity contribution in [2.24, 2.45) is 13.0 Å². The van der Waals surface area contributed by atoms with Gasteiger partial charge in [0.25, 0.3) is 0 Å². The maximum Gasteiger partial charge on any atom is 0.191 e. The van der Waals surface area contributed by atoms with Gasteiger partial charge in [-0.05, 0) is 60.9 Å². The van der Waals surface area contributed by atoms with Crippen molar-refractivity contribution in [1.29, 1.82) is 0 Å². The fourth-order valence-corrected chi connectivity index (χ4v) is 6.92. The molecule has 0 radical (unpaired) electrons. The summed E-state index contributed by atoms with van der Waals surface area (Å²) in [5, 5.41) is 11.2. The standard InChI is InChI=1S/C31H37N5S/c1-21-10-15-25-26(8-6-9-27(25)32-21)28-33-34-29(35(28)5)37-17-7-16-36-19-24-18-31(24,20-36)23-13-11-22(12-14-23)30(2,3)4/h6,8-15,24H,7,16-20H2,1-5H3/t24-,31+/m0/s1. The molecule has 1 aliphatic carbocycles. The lowest BCUT2D eigenvalue weighted by Crippen LogP contribution is -2.28. The number of hydrogen-bond donors (Lipinski definition) is 0. The molecule has 2 fully saturated rings. The molecule has 6 rings (SSSR count). The largest absolute Gasteiger partial charge is 0.305 e. The summed E-state index contributed by atoms with van der Waals surface area (Å²) < 4.78 is 2.13. The van der Waals surface area contributed by atoms with Gasteiger partial charge in [0.1, 0.15) is 0 Å². The predicted octanol–water partition coefficient (Wildman–Crippen LogP) is 6.39. The van der Waals surface area contributed by atoms with E-state index >= 15 is 0 Å². The summed E-state index contributed by atoms with van der Waals surface area (Å²) in [6.45, 7) is 12.5. The quantitative estimate of drug-likeness (QED) is 0.212. The van der Waals surface area contributed by atoms with E-state index in [4.69, 9.17) is 0 Å². The second-order valence-corrected chi connectivity index (χ2v) is 13.1. The Bertz CT molecular complexity index is 1430. The molecule has 0 spiro atoms. The number of rotatable bonds is 7. The Balaban J connectivity index is 1.05. The van der Waals surface area contributed by atoms with Gasteiger partial charge in [-0.1, -0.05) is 75.0 Å². The molecule has 0 amide bonds. The van der Waals surface area contributed by atoms with Gasteiger partial charge in [-0.2, -0.15) is 0 Å². The molecule has 3 heterocycles. The van der Waals surface area contributed by atoms with Gasteiger partial charge in [0, 0.05) is 47.9 Å². The van der Waals surface area contributed by atoms with Gasteiger partial charge in [-0.3, -0.25) is 4.98 Å². The third-order valence-corrected chi connectivity index (χ3v) is 9.45. The molecule has 2 atom stereocenters. The number of fused-ring (bicyclic) bond motifs is 2. The molecule has 192 valence electrons. The SMILES string of the molecule is Cc1ccc2c(-c3nnc(SCCCN4C[C@@H]5C[C@]5(c5ccc(C(C)(C)C)cc5)C4)n3C)cccc2n1. The molecule has 5 nitrogen and oxygen atoms in total. The number of likely N-dealkylation sites (tertiary alicyclic amines) is 1. The summed E-state index contributed by atoms with van der Waals surface area (Å²) in [5.41, 5.74) is 6.72. The van der Waals surface area contributed by atoms with E-state index in [1.165, 1.54) is 25.1 Å². The van der Waals surface area contributed by atoms with Crippen molar-refractivity contribution in [3.63, 3.8) is 0 Å². The summed E-state index contributed by atoms with van der Waals surface area (Å²) in [4.78, 5) is 7.36. The molecular formula is C31H37N5S. The summed E-state index contributed by atoms with van der Waals surface area (Å²) in [6.07, 6.45) is 2.52. The molecule has 1 saturated heterocycles. The Kier molecular flexibility index (Phi) is 6.15. The van der Waals surface area contributed by atoms with Gasteiger partial charge in [-0.25, -0.2) is 0 Å². The zero-order chi connectivity index (χ0) is 25.8. The monoisotopic (exact) mass is 511 g/mol. The first-order valence-electron chi connectivity index (χ1n) is 13.5. The Labute approximate surface area is 224 Å². The van der Waals surface area contributed by atoms with Crippen molar-refractivity contribution in [2.45, 2.75) is 56.5 Å². The number of benzene rings is 2. The fourth-order valence-electron chi connectivity index (χ4n) is 6.08. The number of hydrogen-bond acceptors (Lipinski definition) is 5. The first-order valence-corrected chi connectivity index (χ1v) is 14.5. The van der Waals surface area contributed by atoms with E-state index in [0.717, 1.165) is 57.8 Å². The minimum absolute atomic E-state index is 0.216. The van der Waals surface area contributed by atoms with E-state index in [1.807, 2.05) is 18.7 Å². The van der Waals surface area contributed by atoms with E-state index < -0.39 is 0 Å². The summed E-state index contributed by atoms with van der Waals surface area (Å²) >= 11 is 1.81. The molecule has 0 bridgehead atoms. The van der Waals surface area contributed by atoms with Gasteiger partial charge in [0.2, 0.25) is 0 Å². The number of aromatic nitrogens is 4. The average molecular weight is 512 g/mol. The van der Waals surface area contributed by atoms with Gasteiger partial charge in [0.05, 0.1) is 5.52 Å². The van der Waals surface area contributed by atoms with E-state index in [2.05, 4.69) is 107 Å². The second kappa shape index (κ2) is 9.25. The zero-order valence-electron chi connectivity index (χ0n) is 22.7. The van der Waals surface area contributed by atoms with Crippen molar-refractivity contribution < 1.29 is 0 Å². The second-order valence-electron chi connectivity index (χ2n) is 12.0. The average Bonchev–Trinajstić information content (AvgIpc) is 3.25. The third kappa shape index (κ3) is 4.59. The van der Waals surface area contributed by atoms with Crippen LogP contribution in [0.15, 0.2) is 59.8 Å². The molecule has 37 heavy (non-hydrogen) atoms. The normalized spacial score (nSPS) is 21.5. The maximum atomic E-state index is 4.68. The number of thioether (sulfide) groups is 1. The van der Waals surface area contributed by atoms with Crippen LogP contribution < -0.4 is 0 Å². The Morgan fingerprint density at radius 1 is 1.03 bits per heavy atom. The van der Waals surface area contributed by atoms with E-state index in [1.54, 1.807) is 5.56 Å². The van der Waals surface area contributed by atoms with Crippen molar-refractivity contribution in [3.8, 4) is 11.4 Å². The number of nitrogens with zero attached hydrogens (tertiary/aromatic N) is 5. The molecule has 1 aliphatic heterocycles. The molecular weight excluding hydrogens is 474 g/mol. The minimum Gasteiger partial charge on any atom is -0.305 e. The van der Waals surface area contributed by atoms with Crippen LogP contribution in [0, 0.1) is 12.8 Å². The topological polar surface area (TPSA) is 46.8 Å². The summed E-state index contributed by atoms with van der Waals surface area (Å²) in [7, 11) is 2.07. The molecule has 0 unspecified atom stereocenters. The van der Waals surface area contributed by atoms with Crippen molar-refractivity contribution in [2.75, 3.05) is 25.4 Å². The van der Waals surface area contributed by atoms with Crippen LogP contribution in [0.5, 0.6) is 0 Å². The first kappa shape index (κ1) is 24.6. The van der Waals surface area contributed by atoms with Crippen LogP contribution in [-0.2, 0) is 17.9 Å². The van der Waals surface area contributed by atoms with E-state index in [9.17, 15) is 0 Å². The first-order chi connectivity index (χ1) is 17.7. The lowest BCUT2D eigenvalue weighted by atomic mass is 9.85. The van der Waals surface area contributed by atoms with E-state index in [-0.39, 0.29) is 5.41 Å². The zero-order valence-corrected chi connectivity index (χ0v) is 23.5. The smallest absolute Gasteiger partial charge is 0.191 e. The molecule has 2 aromatic heterocycles. The van der Waals surface area contributed by atoms with Crippen LogP contribution in [0.3, 0.4) is 0 Å². The van der Waals surface area contributed by atoms with Gasteiger partial charge < -0.3 is 9.47 Å². The van der Waals surface area contributed by atoms with Crippen molar-refractivity contribution in [3.05, 3.63) is 71.4 Å². The highest BCUT2D eigenvalue weighted by atomic mass is 32.2. The van der Waals surface area contributed by atoms with E-state index in [0.29, 0.717) is 5.41 Å². The minimum atomic E-state index is 0.216. The summed E-state index contributed by atoms with van der Waals surface area (Å²) in [6, 6.07) is 19.9. The highest BCUT2D eigenvalue weighted by molar-refractivity contribution is 7.99. The predicted molar refractivity (Wildman–Crippen MR) is 153 cm³/mol. The summed E-state index contributed by atoms with van der Waals surface area (Å²) in [5.74, 6) is 2.79. The van der Waals surface area contributed by atoms with Gasteiger partial charge in [-0.15, -0.1) is 10.2 Å². The van der Waals surface area contributed by atoms with Gasteiger partial charge >= 0.3 is 0 Å². The van der Waals surface area contributed by atoms with Gasteiger partial charge in [0.15, 0.2) is 11.0 Å². The Morgan fingerprint density at radius 2 is 1.84 bits per heavy atom. The Morgan fingerprint density at radius 3 is 2.62 bits per heavy atom. The molecule has 2 aromatic carbocycles. The Hall–Kier alpha value is -2.70. The van der Waals surface area contributed by atoms with Crippen LogP contribution in [-0.4, -0.2) is 50.0 Å². The van der Waals surface area contributed by atoms with Crippen molar-refractivity contribution >= 4 is 22.7 Å². The van der Waals surface area contributed by atoms with Crippen LogP contribution in [0.1, 0.15) is 50.4 Å². The van der Waals surface area contributed by atoms with Crippen molar-refractivity contribution in [1.82, 2.24) is 24.6 Å². The molecule has 1 saturated carbocycles. The highest BCUT2D eigenvalue weighted by Crippen LogP contribution is 2.59. The molecule has 4 aromatic rings. The van der Waals surface area contributed by atoms with Crippen LogP contribution in [0.4, 0.5) is 0 Å². The third-order valence-electron chi connectivity index (χ3n) is 8.34. The van der Waals surface area contributed by atoms with Crippen LogP contribution >= 0.6 is 11.8 Å². The number of pyridine rings is 1. The lowest BCUT2D eigenvalue weighted by Gasteiger charge is -2.23. The fraction of sp³-hybridized carbons (Fsp3) is 0.452. The van der Waals surface area contributed by atoms with Crippen LogP contribution in [0.25, 0.3) is 22.3 Å². The lowest BCUT2D eigenvalue weighted by molar-refractivity contribution is 0.299. The van der Waals surface area contributed by atoms with Crippen LogP contribution in [0.2, 0.25) is 0 Å². The molecule has 2 aliphatic rings.